The van der Waals surface area contributed by atoms with Gasteiger partial charge >= 0.3 is 0 Å². The van der Waals surface area contributed by atoms with Gasteiger partial charge in [0, 0.05) is 18.2 Å². The number of hydrogen-bond acceptors (Lipinski definition) is 3. The Morgan fingerprint density at radius 2 is 1.70 bits per heavy atom. The summed E-state index contributed by atoms with van der Waals surface area (Å²) in [5.74, 6) is 0. The van der Waals surface area contributed by atoms with Crippen molar-refractivity contribution in [1.29, 1.82) is 0 Å². The first-order valence-corrected chi connectivity index (χ1v) is 8.69. The van der Waals surface area contributed by atoms with Crippen LogP contribution >= 0.6 is 0 Å². The van der Waals surface area contributed by atoms with Gasteiger partial charge < -0.3 is 10.1 Å². The highest BCUT2D eigenvalue weighted by atomic mass is 16.5. The third-order valence-electron chi connectivity index (χ3n) is 4.55. The first-order valence-electron chi connectivity index (χ1n) is 8.69. The molecule has 1 aliphatic rings. The molecule has 1 fully saturated rings. The molecule has 3 heteroatoms. The fraction of sp³-hybridized carbons (Fsp3) is 1.00. The summed E-state index contributed by atoms with van der Waals surface area (Å²) in [6.07, 6.45) is 7.77. The van der Waals surface area contributed by atoms with Crippen LogP contribution in [0, 0.1) is 0 Å². The standard InChI is InChI=1S/C17H36N2O/c1-5-11-18-16(15-20-14-6-2)17(3,4)19-12-9-7-8-10-13-19/h16,18H,5-15H2,1-4H3. The van der Waals surface area contributed by atoms with Crippen LogP contribution in [0.3, 0.4) is 0 Å². The van der Waals surface area contributed by atoms with E-state index >= 15 is 0 Å². The van der Waals surface area contributed by atoms with E-state index in [1.165, 1.54) is 45.2 Å². The van der Waals surface area contributed by atoms with E-state index in [4.69, 9.17) is 4.74 Å². The largest absolute Gasteiger partial charge is 0.380 e. The quantitative estimate of drug-likeness (QED) is 0.656. The molecule has 1 atom stereocenters. The van der Waals surface area contributed by atoms with Gasteiger partial charge in [-0.2, -0.15) is 0 Å². The normalized spacial score (nSPS) is 19.8. The Morgan fingerprint density at radius 3 is 2.25 bits per heavy atom. The Hall–Kier alpha value is -0.120. The van der Waals surface area contributed by atoms with Gasteiger partial charge in [-0.3, -0.25) is 4.90 Å². The van der Waals surface area contributed by atoms with Crippen molar-refractivity contribution in [2.24, 2.45) is 0 Å². The summed E-state index contributed by atoms with van der Waals surface area (Å²) in [5, 5.41) is 3.72. The number of ether oxygens (including phenoxy) is 1. The lowest BCUT2D eigenvalue weighted by Crippen LogP contribution is -2.60. The van der Waals surface area contributed by atoms with Crippen LogP contribution in [-0.2, 0) is 4.74 Å². The number of nitrogens with one attached hydrogen (secondary N) is 1. The Labute approximate surface area is 126 Å². The molecule has 1 heterocycles. The summed E-state index contributed by atoms with van der Waals surface area (Å²) < 4.78 is 5.86. The fourth-order valence-electron chi connectivity index (χ4n) is 3.04. The zero-order valence-electron chi connectivity index (χ0n) is 14.2. The topological polar surface area (TPSA) is 24.5 Å². The molecule has 1 N–H and O–H groups in total. The lowest BCUT2D eigenvalue weighted by Gasteiger charge is -2.44. The molecular formula is C17H36N2O. The fourth-order valence-corrected chi connectivity index (χ4v) is 3.04. The molecule has 0 aromatic rings. The van der Waals surface area contributed by atoms with Crippen molar-refractivity contribution in [3.05, 3.63) is 0 Å². The predicted octanol–water partition coefficient (Wildman–Crippen LogP) is 3.44. The van der Waals surface area contributed by atoms with E-state index in [1.807, 2.05) is 0 Å². The van der Waals surface area contributed by atoms with Crippen molar-refractivity contribution < 1.29 is 4.74 Å². The van der Waals surface area contributed by atoms with E-state index in [9.17, 15) is 0 Å². The van der Waals surface area contributed by atoms with Gasteiger partial charge in [0.15, 0.2) is 0 Å². The van der Waals surface area contributed by atoms with E-state index < -0.39 is 0 Å². The molecule has 0 aromatic heterocycles. The van der Waals surface area contributed by atoms with Crippen LogP contribution in [0.25, 0.3) is 0 Å². The molecule has 1 rings (SSSR count). The monoisotopic (exact) mass is 284 g/mol. The van der Waals surface area contributed by atoms with E-state index in [-0.39, 0.29) is 5.54 Å². The van der Waals surface area contributed by atoms with Gasteiger partial charge in [0.25, 0.3) is 0 Å². The maximum absolute atomic E-state index is 5.86. The van der Waals surface area contributed by atoms with E-state index in [0.717, 1.165) is 26.2 Å². The van der Waals surface area contributed by atoms with Crippen LogP contribution in [-0.4, -0.2) is 49.3 Å². The molecule has 0 aromatic carbocycles. The Balaban J connectivity index is 2.62. The van der Waals surface area contributed by atoms with Crippen LogP contribution in [0.1, 0.15) is 66.2 Å². The van der Waals surface area contributed by atoms with Crippen LogP contribution in [0.15, 0.2) is 0 Å². The second-order valence-corrected chi connectivity index (χ2v) is 6.64. The van der Waals surface area contributed by atoms with Crippen LogP contribution in [0.2, 0.25) is 0 Å². The van der Waals surface area contributed by atoms with Crippen molar-refractivity contribution in [3.63, 3.8) is 0 Å². The first kappa shape index (κ1) is 17.9. The molecule has 3 nitrogen and oxygen atoms in total. The van der Waals surface area contributed by atoms with Crippen molar-refractivity contribution >= 4 is 0 Å². The molecule has 0 aliphatic carbocycles. The molecule has 0 bridgehead atoms. The van der Waals surface area contributed by atoms with Crippen molar-refractivity contribution in [2.75, 3.05) is 32.8 Å². The van der Waals surface area contributed by atoms with Crippen LogP contribution in [0.5, 0.6) is 0 Å². The molecule has 0 spiro atoms. The smallest absolute Gasteiger partial charge is 0.0637 e. The van der Waals surface area contributed by atoms with Gasteiger partial charge in [0.1, 0.15) is 0 Å². The van der Waals surface area contributed by atoms with Gasteiger partial charge in [-0.15, -0.1) is 0 Å². The third kappa shape index (κ3) is 5.71. The highest BCUT2D eigenvalue weighted by Gasteiger charge is 2.35. The summed E-state index contributed by atoms with van der Waals surface area (Å²) in [4.78, 5) is 2.68. The van der Waals surface area contributed by atoms with Gasteiger partial charge in [0.05, 0.1) is 6.61 Å². The maximum atomic E-state index is 5.86. The van der Waals surface area contributed by atoms with Gasteiger partial charge in [0.2, 0.25) is 0 Å². The Kier molecular flexibility index (Phi) is 8.74. The van der Waals surface area contributed by atoms with Crippen molar-refractivity contribution in [1.82, 2.24) is 10.2 Å². The van der Waals surface area contributed by atoms with E-state index in [0.29, 0.717) is 6.04 Å². The van der Waals surface area contributed by atoms with E-state index in [1.54, 1.807) is 0 Å². The molecule has 0 saturated carbocycles. The molecule has 1 saturated heterocycles. The Morgan fingerprint density at radius 1 is 1.05 bits per heavy atom. The minimum absolute atomic E-state index is 0.174. The molecule has 0 radical (unpaired) electrons. The highest BCUT2D eigenvalue weighted by Crippen LogP contribution is 2.24. The lowest BCUT2D eigenvalue weighted by molar-refractivity contribution is 0.0265. The predicted molar refractivity (Wildman–Crippen MR) is 87.3 cm³/mol. The van der Waals surface area contributed by atoms with Crippen LogP contribution in [0.4, 0.5) is 0 Å². The SMILES string of the molecule is CCCNC(COCCC)C(C)(C)N1CCCCCC1. The number of nitrogens with zero attached hydrogens (tertiary/aromatic N) is 1. The third-order valence-corrected chi connectivity index (χ3v) is 4.55. The lowest BCUT2D eigenvalue weighted by atomic mass is 9.92. The van der Waals surface area contributed by atoms with Gasteiger partial charge in [-0.1, -0.05) is 26.7 Å². The van der Waals surface area contributed by atoms with Crippen molar-refractivity contribution in [2.45, 2.75) is 77.8 Å². The summed E-state index contributed by atoms with van der Waals surface area (Å²) in [6, 6.07) is 0.423. The molecule has 120 valence electrons. The number of rotatable bonds is 9. The second-order valence-electron chi connectivity index (χ2n) is 6.64. The average molecular weight is 284 g/mol. The highest BCUT2D eigenvalue weighted by molar-refractivity contribution is 4.94. The minimum Gasteiger partial charge on any atom is -0.380 e. The summed E-state index contributed by atoms with van der Waals surface area (Å²) in [7, 11) is 0. The zero-order chi connectivity index (χ0) is 14.8. The molecular weight excluding hydrogens is 248 g/mol. The summed E-state index contributed by atoms with van der Waals surface area (Å²) in [6.45, 7) is 14.5. The summed E-state index contributed by atoms with van der Waals surface area (Å²) >= 11 is 0. The molecule has 1 unspecified atom stereocenters. The maximum Gasteiger partial charge on any atom is 0.0637 e. The Bertz CT molecular complexity index is 235. The van der Waals surface area contributed by atoms with E-state index in [2.05, 4.69) is 37.9 Å². The van der Waals surface area contributed by atoms with Crippen molar-refractivity contribution in [3.8, 4) is 0 Å². The number of likely N-dealkylation sites (tertiary alicyclic amines) is 1. The van der Waals surface area contributed by atoms with Gasteiger partial charge in [-0.05, 0) is 59.2 Å². The zero-order valence-corrected chi connectivity index (χ0v) is 14.2. The van der Waals surface area contributed by atoms with Crippen LogP contribution < -0.4 is 5.32 Å². The first-order chi connectivity index (χ1) is 9.62. The number of hydrogen-bond donors (Lipinski definition) is 1. The molecule has 20 heavy (non-hydrogen) atoms. The minimum atomic E-state index is 0.174. The summed E-state index contributed by atoms with van der Waals surface area (Å²) in [5.41, 5.74) is 0.174. The second kappa shape index (κ2) is 9.75. The molecule has 0 amide bonds. The molecule has 1 aliphatic heterocycles. The average Bonchev–Trinajstić information content (AvgIpc) is 2.72. The van der Waals surface area contributed by atoms with Gasteiger partial charge in [-0.25, -0.2) is 0 Å².